The SMILES string of the molecule is CC(C)(C)C(=O)N[C@H](c1ccccn1)C1CCN(Cc2cccc3ncccc23)CC1. The van der Waals surface area contributed by atoms with E-state index in [4.69, 9.17) is 0 Å². The van der Waals surface area contributed by atoms with Gasteiger partial charge in [-0.2, -0.15) is 0 Å². The van der Waals surface area contributed by atoms with Crippen LogP contribution in [0, 0.1) is 11.3 Å². The number of hydrogen-bond acceptors (Lipinski definition) is 4. The van der Waals surface area contributed by atoms with Gasteiger partial charge in [0.15, 0.2) is 0 Å². The maximum atomic E-state index is 12.8. The molecule has 3 heterocycles. The summed E-state index contributed by atoms with van der Waals surface area (Å²) < 4.78 is 0. The zero-order valence-corrected chi connectivity index (χ0v) is 18.7. The maximum absolute atomic E-state index is 12.8. The van der Waals surface area contributed by atoms with Gasteiger partial charge in [-0.3, -0.25) is 19.7 Å². The Morgan fingerprint density at radius 2 is 1.81 bits per heavy atom. The second kappa shape index (κ2) is 9.15. The van der Waals surface area contributed by atoms with Gasteiger partial charge in [0, 0.05) is 29.7 Å². The van der Waals surface area contributed by atoms with E-state index in [0.29, 0.717) is 5.92 Å². The molecule has 5 heteroatoms. The van der Waals surface area contributed by atoms with Crippen LogP contribution >= 0.6 is 0 Å². The van der Waals surface area contributed by atoms with Gasteiger partial charge in [0.05, 0.1) is 17.3 Å². The van der Waals surface area contributed by atoms with Crippen LogP contribution in [-0.4, -0.2) is 33.9 Å². The molecule has 1 saturated heterocycles. The van der Waals surface area contributed by atoms with Crippen LogP contribution in [0.25, 0.3) is 10.9 Å². The highest BCUT2D eigenvalue weighted by Crippen LogP contribution is 2.32. The first-order valence-electron chi connectivity index (χ1n) is 11.2. The second-order valence-electron chi connectivity index (χ2n) is 9.56. The number of carbonyl (C=O) groups is 1. The number of hydrogen-bond donors (Lipinski definition) is 1. The van der Waals surface area contributed by atoms with Crippen LogP contribution in [-0.2, 0) is 11.3 Å². The Morgan fingerprint density at radius 1 is 1.03 bits per heavy atom. The summed E-state index contributed by atoms with van der Waals surface area (Å²) in [5.74, 6) is 0.459. The molecule has 1 amide bonds. The molecule has 1 aromatic carbocycles. The first-order chi connectivity index (χ1) is 14.9. The lowest BCUT2D eigenvalue weighted by Gasteiger charge is -2.37. The average molecular weight is 417 g/mol. The molecule has 1 fully saturated rings. The topological polar surface area (TPSA) is 58.1 Å². The predicted octanol–water partition coefficient (Wildman–Crippen LogP) is 4.75. The maximum Gasteiger partial charge on any atom is 0.225 e. The van der Waals surface area contributed by atoms with Gasteiger partial charge in [0.25, 0.3) is 0 Å². The summed E-state index contributed by atoms with van der Waals surface area (Å²) in [6.07, 6.45) is 5.74. The molecule has 0 spiro atoms. The van der Waals surface area contributed by atoms with Crippen LogP contribution in [0.2, 0.25) is 0 Å². The van der Waals surface area contributed by atoms with Crippen molar-refractivity contribution in [2.24, 2.45) is 11.3 Å². The van der Waals surface area contributed by atoms with Crippen LogP contribution in [0.3, 0.4) is 0 Å². The number of likely N-dealkylation sites (tertiary alicyclic amines) is 1. The van der Waals surface area contributed by atoms with E-state index in [1.807, 2.05) is 57.4 Å². The van der Waals surface area contributed by atoms with E-state index in [1.165, 1.54) is 10.9 Å². The van der Waals surface area contributed by atoms with Crippen molar-refractivity contribution >= 4 is 16.8 Å². The lowest BCUT2D eigenvalue weighted by Crippen LogP contribution is -2.44. The molecule has 1 atom stereocenters. The fourth-order valence-electron chi connectivity index (χ4n) is 4.34. The van der Waals surface area contributed by atoms with Crippen molar-refractivity contribution in [3.8, 4) is 0 Å². The molecule has 0 bridgehead atoms. The van der Waals surface area contributed by atoms with Crippen LogP contribution in [0.1, 0.15) is 50.9 Å². The van der Waals surface area contributed by atoms with E-state index >= 15 is 0 Å². The summed E-state index contributed by atoms with van der Waals surface area (Å²) >= 11 is 0. The molecule has 1 N–H and O–H groups in total. The molecule has 0 radical (unpaired) electrons. The zero-order valence-electron chi connectivity index (χ0n) is 18.7. The molecule has 31 heavy (non-hydrogen) atoms. The summed E-state index contributed by atoms with van der Waals surface area (Å²) in [6, 6.07) is 16.4. The lowest BCUT2D eigenvalue weighted by atomic mass is 9.85. The summed E-state index contributed by atoms with van der Waals surface area (Å²) in [5, 5.41) is 4.54. The van der Waals surface area contributed by atoms with E-state index < -0.39 is 5.41 Å². The van der Waals surface area contributed by atoms with E-state index in [1.54, 1.807) is 0 Å². The Labute approximate surface area is 184 Å². The van der Waals surface area contributed by atoms with Crippen molar-refractivity contribution in [1.82, 2.24) is 20.2 Å². The van der Waals surface area contributed by atoms with Crippen molar-refractivity contribution < 1.29 is 4.79 Å². The minimum Gasteiger partial charge on any atom is -0.347 e. The predicted molar refractivity (Wildman–Crippen MR) is 124 cm³/mol. The molecule has 0 aliphatic carbocycles. The van der Waals surface area contributed by atoms with Gasteiger partial charge in [-0.1, -0.05) is 45.0 Å². The average Bonchev–Trinajstić information content (AvgIpc) is 2.78. The second-order valence-corrected chi connectivity index (χ2v) is 9.56. The zero-order chi connectivity index (χ0) is 21.8. The van der Waals surface area contributed by atoms with Crippen molar-refractivity contribution in [3.05, 3.63) is 72.2 Å². The van der Waals surface area contributed by atoms with Gasteiger partial charge in [0.1, 0.15) is 0 Å². The van der Waals surface area contributed by atoms with E-state index in [9.17, 15) is 4.79 Å². The molecular formula is C26H32N4O. The van der Waals surface area contributed by atoms with Gasteiger partial charge in [0.2, 0.25) is 5.91 Å². The van der Waals surface area contributed by atoms with Crippen LogP contribution in [0.5, 0.6) is 0 Å². The Hall–Kier alpha value is -2.79. The smallest absolute Gasteiger partial charge is 0.225 e. The first-order valence-corrected chi connectivity index (χ1v) is 11.2. The van der Waals surface area contributed by atoms with Gasteiger partial charge in [-0.05, 0) is 61.7 Å². The molecule has 2 aromatic heterocycles. The third-order valence-electron chi connectivity index (χ3n) is 6.21. The number of rotatable bonds is 5. The summed E-state index contributed by atoms with van der Waals surface area (Å²) in [6.45, 7) is 8.82. The van der Waals surface area contributed by atoms with Gasteiger partial charge >= 0.3 is 0 Å². The number of aromatic nitrogens is 2. The monoisotopic (exact) mass is 416 g/mol. The Morgan fingerprint density at radius 3 is 2.52 bits per heavy atom. The minimum absolute atomic E-state index is 0.0446. The number of pyridine rings is 2. The highest BCUT2D eigenvalue weighted by molar-refractivity contribution is 5.82. The molecule has 3 aromatic rings. The summed E-state index contributed by atoms with van der Waals surface area (Å²) in [7, 11) is 0. The Kier molecular flexibility index (Phi) is 6.33. The van der Waals surface area contributed by atoms with Gasteiger partial charge in [-0.15, -0.1) is 0 Å². The largest absolute Gasteiger partial charge is 0.347 e. The number of nitrogens with zero attached hydrogens (tertiary/aromatic N) is 3. The molecule has 1 aliphatic heterocycles. The molecule has 162 valence electrons. The molecule has 5 nitrogen and oxygen atoms in total. The molecular weight excluding hydrogens is 384 g/mol. The Balaban J connectivity index is 1.45. The fraction of sp³-hybridized carbons (Fsp3) is 0.423. The van der Waals surface area contributed by atoms with Crippen molar-refractivity contribution in [1.29, 1.82) is 0 Å². The molecule has 0 saturated carbocycles. The molecule has 0 unspecified atom stereocenters. The normalized spacial score (nSPS) is 16.9. The van der Waals surface area contributed by atoms with Crippen LogP contribution in [0.4, 0.5) is 0 Å². The minimum atomic E-state index is -0.421. The number of piperidine rings is 1. The van der Waals surface area contributed by atoms with E-state index in [2.05, 4.69) is 44.5 Å². The van der Waals surface area contributed by atoms with Crippen molar-refractivity contribution in [2.75, 3.05) is 13.1 Å². The molecule has 4 rings (SSSR count). The van der Waals surface area contributed by atoms with E-state index in [0.717, 1.165) is 43.7 Å². The third kappa shape index (κ3) is 5.10. The standard InChI is InChI=1S/C26H32N4O/c1-26(2,3)25(31)29-24(23-10-4-5-14-28-23)19-12-16-30(17-13-19)18-20-8-6-11-22-21(20)9-7-15-27-22/h4-11,14-15,19,24H,12-13,16-18H2,1-3H3,(H,29,31)/t24-/m0/s1. The van der Waals surface area contributed by atoms with Crippen molar-refractivity contribution in [2.45, 2.75) is 46.2 Å². The van der Waals surface area contributed by atoms with Crippen LogP contribution in [0.15, 0.2) is 60.9 Å². The number of amides is 1. The number of carbonyl (C=O) groups excluding carboxylic acids is 1. The lowest BCUT2D eigenvalue weighted by molar-refractivity contribution is -0.129. The fourth-order valence-corrected chi connectivity index (χ4v) is 4.34. The Bertz CT molecular complexity index is 1020. The highest BCUT2D eigenvalue weighted by atomic mass is 16.2. The summed E-state index contributed by atoms with van der Waals surface area (Å²) in [5.41, 5.74) is 2.91. The summed E-state index contributed by atoms with van der Waals surface area (Å²) in [4.78, 5) is 24.3. The van der Waals surface area contributed by atoms with Crippen LogP contribution < -0.4 is 5.32 Å². The third-order valence-corrected chi connectivity index (χ3v) is 6.21. The highest BCUT2D eigenvalue weighted by Gasteiger charge is 2.32. The quantitative estimate of drug-likeness (QED) is 0.652. The van der Waals surface area contributed by atoms with Crippen molar-refractivity contribution in [3.63, 3.8) is 0 Å². The number of benzene rings is 1. The van der Waals surface area contributed by atoms with Gasteiger partial charge in [-0.25, -0.2) is 0 Å². The first kappa shape index (κ1) is 21.4. The van der Waals surface area contributed by atoms with E-state index in [-0.39, 0.29) is 11.9 Å². The molecule has 1 aliphatic rings. The van der Waals surface area contributed by atoms with Gasteiger partial charge < -0.3 is 5.32 Å². The number of nitrogens with one attached hydrogen (secondary N) is 1. The number of fused-ring (bicyclic) bond motifs is 1.